The van der Waals surface area contributed by atoms with Gasteiger partial charge in [-0.1, -0.05) is 42.5 Å². The van der Waals surface area contributed by atoms with Crippen molar-refractivity contribution < 1.29 is 5.11 Å². The molecule has 2 unspecified atom stereocenters. The Bertz CT molecular complexity index is 648. The van der Waals surface area contributed by atoms with E-state index in [0.29, 0.717) is 0 Å². The molecule has 0 amide bonds. The molecule has 3 rings (SSSR count). The molecule has 1 aromatic heterocycles. The molecule has 0 bridgehead atoms. The zero-order chi connectivity index (χ0) is 16.3. The van der Waals surface area contributed by atoms with Gasteiger partial charge in [0.05, 0.1) is 0 Å². The van der Waals surface area contributed by atoms with Gasteiger partial charge < -0.3 is 10.0 Å². The van der Waals surface area contributed by atoms with Gasteiger partial charge in [-0.3, -0.25) is 0 Å². The van der Waals surface area contributed by atoms with Gasteiger partial charge in [0.15, 0.2) is 0 Å². The largest absolute Gasteiger partial charge is 0.380 e. The Morgan fingerprint density at radius 3 is 2.65 bits per heavy atom. The van der Waals surface area contributed by atoms with Gasteiger partial charge in [0.2, 0.25) is 0 Å². The molecule has 122 valence electrons. The van der Waals surface area contributed by atoms with Crippen molar-refractivity contribution in [3.8, 4) is 0 Å². The minimum Gasteiger partial charge on any atom is -0.380 e. The quantitative estimate of drug-likeness (QED) is 0.901. The maximum Gasteiger partial charge on any atom is 0.124 e. The Morgan fingerprint density at radius 1 is 1.22 bits per heavy atom. The lowest BCUT2D eigenvalue weighted by Crippen LogP contribution is -2.44. The molecule has 1 fully saturated rings. The number of nitrogens with zero attached hydrogens (tertiary/aromatic N) is 1. The van der Waals surface area contributed by atoms with E-state index in [2.05, 4.69) is 60.8 Å². The third kappa shape index (κ3) is 3.42. The molecule has 0 spiro atoms. The van der Waals surface area contributed by atoms with Gasteiger partial charge in [0.1, 0.15) is 5.60 Å². The predicted octanol–water partition coefficient (Wildman–Crippen LogP) is 4.38. The molecule has 1 aliphatic carbocycles. The van der Waals surface area contributed by atoms with Crippen molar-refractivity contribution in [1.82, 2.24) is 4.90 Å². The van der Waals surface area contributed by atoms with Crippen molar-refractivity contribution in [3.63, 3.8) is 0 Å². The number of thiophene rings is 1. The molecule has 1 saturated carbocycles. The number of hydrogen-bond donors (Lipinski definition) is 1. The van der Waals surface area contributed by atoms with E-state index in [1.54, 1.807) is 11.3 Å². The minimum absolute atomic E-state index is 0.236. The highest BCUT2D eigenvalue weighted by molar-refractivity contribution is 7.10. The molecule has 0 saturated heterocycles. The van der Waals surface area contributed by atoms with Gasteiger partial charge in [0, 0.05) is 17.3 Å². The second-order valence-corrected chi connectivity index (χ2v) is 7.62. The normalized spacial score (nSPS) is 26.8. The van der Waals surface area contributed by atoms with Gasteiger partial charge >= 0.3 is 0 Å². The summed E-state index contributed by atoms with van der Waals surface area (Å²) in [6, 6.07) is 14.5. The Kier molecular flexibility index (Phi) is 5.00. The lowest BCUT2D eigenvalue weighted by molar-refractivity contribution is -0.0143. The smallest absolute Gasteiger partial charge is 0.124 e. The van der Waals surface area contributed by atoms with E-state index in [0.717, 1.165) is 36.3 Å². The van der Waals surface area contributed by atoms with Crippen molar-refractivity contribution in [2.75, 3.05) is 20.6 Å². The third-order valence-electron chi connectivity index (χ3n) is 4.70. The summed E-state index contributed by atoms with van der Waals surface area (Å²) in [7, 11) is 4.17. The molecule has 2 nitrogen and oxygen atoms in total. The predicted molar refractivity (Wildman–Crippen MR) is 98.5 cm³/mol. The van der Waals surface area contributed by atoms with Crippen LogP contribution in [-0.2, 0) is 5.60 Å². The Labute approximate surface area is 143 Å². The van der Waals surface area contributed by atoms with E-state index in [4.69, 9.17) is 0 Å². The molecule has 1 N–H and O–H groups in total. The molecule has 2 atom stereocenters. The fraction of sp³-hybridized carbons (Fsp3) is 0.400. The first-order valence-electron chi connectivity index (χ1n) is 8.28. The number of hydrogen-bond acceptors (Lipinski definition) is 3. The highest BCUT2D eigenvalue weighted by Crippen LogP contribution is 2.47. The molecule has 3 heteroatoms. The monoisotopic (exact) mass is 327 g/mol. The summed E-state index contributed by atoms with van der Waals surface area (Å²) < 4.78 is 0. The van der Waals surface area contributed by atoms with E-state index in [1.807, 2.05) is 12.1 Å². The fourth-order valence-electron chi connectivity index (χ4n) is 3.65. The minimum atomic E-state index is -0.841. The summed E-state index contributed by atoms with van der Waals surface area (Å²) in [5.74, 6) is 0.236. The Balaban J connectivity index is 2.04. The first-order chi connectivity index (χ1) is 11.1. The third-order valence-corrected chi connectivity index (χ3v) is 5.70. The van der Waals surface area contributed by atoms with Crippen molar-refractivity contribution in [3.05, 3.63) is 63.9 Å². The molecule has 0 radical (unpaired) electrons. The summed E-state index contributed by atoms with van der Waals surface area (Å²) in [5, 5.41) is 13.8. The Morgan fingerprint density at radius 2 is 2.00 bits per heavy atom. The summed E-state index contributed by atoms with van der Waals surface area (Å²) in [4.78, 5) is 3.26. The molecular weight excluding hydrogens is 302 g/mol. The first kappa shape index (κ1) is 16.4. The van der Waals surface area contributed by atoms with Crippen LogP contribution in [-0.4, -0.2) is 30.6 Å². The van der Waals surface area contributed by atoms with Gasteiger partial charge in [-0.15, -0.1) is 11.3 Å². The van der Waals surface area contributed by atoms with Crippen LogP contribution < -0.4 is 0 Å². The van der Waals surface area contributed by atoms with Crippen molar-refractivity contribution >= 4 is 17.4 Å². The maximum atomic E-state index is 11.8. The van der Waals surface area contributed by atoms with Crippen LogP contribution in [0.1, 0.15) is 29.7 Å². The van der Waals surface area contributed by atoms with E-state index in [9.17, 15) is 5.11 Å². The van der Waals surface area contributed by atoms with Crippen LogP contribution in [0.2, 0.25) is 0 Å². The van der Waals surface area contributed by atoms with Gasteiger partial charge in [-0.2, -0.15) is 0 Å². The standard InChI is InChI=1S/C20H25NOS/c1-21(2)15-18-11-6-10-17(14-16-8-4-3-5-9-16)20(18,22)19-12-7-13-23-19/h3-5,7-9,12-14,18,22H,6,10-11,15H2,1-2H3. The summed E-state index contributed by atoms with van der Waals surface area (Å²) in [5.41, 5.74) is 1.49. The zero-order valence-electron chi connectivity index (χ0n) is 13.9. The molecule has 1 aliphatic rings. The second-order valence-electron chi connectivity index (χ2n) is 6.68. The van der Waals surface area contributed by atoms with Crippen LogP contribution in [0.3, 0.4) is 0 Å². The average Bonchev–Trinajstić information content (AvgIpc) is 3.07. The highest BCUT2D eigenvalue weighted by Gasteiger charge is 2.44. The summed E-state index contributed by atoms with van der Waals surface area (Å²) in [6.45, 7) is 0.903. The van der Waals surface area contributed by atoms with Crippen LogP contribution in [0, 0.1) is 5.92 Å². The van der Waals surface area contributed by atoms with Crippen LogP contribution in [0.5, 0.6) is 0 Å². The second kappa shape index (κ2) is 7.00. The van der Waals surface area contributed by atoms with Crippen molar-refractivity contribution in [2.45, 2.75) is 24.9 Å². The molecule has 0 aliphatic heterocycles. The molecule has 1 heterocycles. The lowest BCUT2D eigenvalue weighted by atomic mass is 9.70. The van der Waals surface area contributed by atoms with Crippen LogP contribution in [0.15, 0.2) is 53.4 Å². The molecule has 23 heavy (non-hydrogen) atoms. The number of benzene rings is 1. The maximum absolute atomic E-state index is 11.8. The fourth-order valence-corrected chi connectivity index (χ4v) is 4.59. The lowest BCUT2D eigenvalue weighted by Gasteiger charge is -2.43. The number of aliphatic hydroxyl groups is 1. The molecule has 2 aromatic rings. The van der Waals surface area contributed by atoms with Gasteiger partial charge in [0.25, 0.3) is 0 Å². The zero-order valence-corrected chi connectivity index (χ0v) is 14.7. The van der Waals surface area contributed by atoms with Crippen molar-refractivity contribution in [1.29, 1.82) is 0 Å². The van der Waals surface area contributed by atoms with E-state index in [-0.39, 0.29) is 5.92 Å². The SMILES string of the molecule is CN(C)CC1CCCC(=Cc2ccccc2)C1(O)c1cccs1. The topological polar surface area (TPSA) is 23.5 Å². The highest BCUT2D eigenvalue weighted by atomic mass is 32.1. The van der Waals surface area contributed by atoms with Crippen molar-refractivity contribution in [2.24, 2.45) is 5.92 Å². The van der Waals surface area contributed by atoms with Crippen LogP contribution in [0.4, 0.5) is 0 Å². The molecular formula is C20H25NOS. The average molecular weight is 327 g/mol. The first-order valence-corrected chi connectivity index (χ1v) is 9.16. The summed E-state index contributed by atoms with van der Waals surface area (Å²) in [6.07, 6.45) is 5.37. The van der Waals surface area contributed by atoms with Gasteiger partial charge in [-0.05, 0) is 55.9 Å². The Hall–Kier alpha value is -1.42. The van der Waals surface area contributed by atoms with Gasteiger partial charge in [-0.25, -0.2) is 0 Å². The van der Waals surface area contributed by atoms with Crippen LogP contribution >= 0.6 is 11.3 Å². The van der Waals surface area contributed by atoms with E-state index >= 15 is 0 Å². The molecule has 1 aromatic carbocycles. The van der Waals surface area contributed by atoms with E-state index in [1.165, 1.54) is 5.56 Å². The van der Waals surface area contributed by atoms with Crippen LogP contribution in [0.25, 0.3) is 6.08 Å². The summed E-state index contributed by atoms with van der Waals surface area (Å²) >= 11 is 1.66. The van der Waals surface area contributed by atoms with E-state index < -0.39 is 5.60 Å². The number of rotatable bonds is 4.